The van der Waals surface area contributed by atoms with E-state index < -0.39 is 17.2 Å². The summed E-state index contributed by atoms with van der Waals surface area (Å²) in [6.45, 7) is 10.6. The lowest BCUT2D eigenvalue weighted by Gasteiger charge is -2.30. The molecule has 0 radical (unpaired) electrons. The standard InChI is InChI=1S/C24H25ClN4O3S/c1-14-11-16(8-7-15(14)13-26)28-20(30)24(5,6)29(22(28)33)17-9-10-18(25)19(12-17)27-21(31)32-23(2,3)4/h7-12H,1-6H3,(H,27,31). The van der Waals surface area contributed by atoms with Crippen LogP contribution in [0.1, 0.15) is 45.7 Å². The van der Waals surface area contributed by atoms with Gasteiger partial charge in [0.05, 0.1) is 28.0 Å². The fraction of sp³-hybridized carbons (Fsp3) is 0.333. The van der Waals surface area contributed by atoms with E-state index in [0.29, 0.717) is 27.6 Å². The molecule has 0 bridgehead atoms. The van der Waals surface area contributed by atoms with Gasteiger partial charge in [-0.05, 0) is 95.7 Å². The van der Waals surface area contributed by atoms with Gasteiger partial charge in [-0.2, -0.15) is 5.26 Å². The zero-order valence-electron chi connectivity index (χ0n) is 19.3. The average Bonchev–Trinajstić information content (AvgIpc) is 2.86. The lowest BCUT2D eigenvalue weighted by atomic mass is 10.0. The minimum Gasteiger partial charge on any atom is -0.444 e. The van der Waals surface area contributed by atoms with Crippen molar-refractivity contribution in [3.63, 3.8) is 0 Å². The second-order valence-corrected chi connectivity index (χ2v) is 9.99. The first-order chi connectivity index (χ1) is 15.3. The summed E-state index contributed by atoms with van der Waals surface area (Å²) in [4.78, 5) is 28.8. The maximum absolute atomic E-state index is 13.4. The van der Waals surface area contributed by atoms with Crippen molar-refractivity contribution in [2.75, 3.05) is 15.1 Å². The Morgan fingerprint density at radius 1 is 1.18 bits per heavy atom. The quantitative estimate of drug-likeness (QED) is 0.555. The van der Waals surface area contributed by atoms with E-state index in [1.54, 1.807) is 75.9 Å². The minimum atomic E-state index is -1.00. The van der Waals surface area contributed by atoms with Gasteiger partial charge < -0.3 is 9.64 Å². The molecule has 1 saturated heterocycles. The van der Waals surface area contributed by atoms with Crippen LogP contribution in [0.4, 0.5) is 21.9 Å². The summed E-state index contributed by atoms with van der Waals surface area (Å²) >= 11 is 12.0. The van der Waals surface area contributed by atoms with Gasteiger partial charge in [0.2, 0.25) is 0 Å². The van der Waals surface area contributed by atoms with Crippen molar-refractivity contribution in [3.05, 3.63) is 52.5 Å². The highest BCUT2D eigenvalue weighted by Crippen LogP contribution is 2.39. The van der Waals surface area contributed by atoms with Gasteiger partial charge in [-0.3, -0.25) is 15.0 Å². The van der Waals surface area contributed by atoms with Gasteiger partial charge in [-0.1, -0.05) is 11.6 Å². The van der Waals surface area contributed by atoms with Gasteiger partial charge >= 0.3 is 6.09 Å². The Kier molecular flexibility index (Phi) is 6.42. The summed E-state index contributed by atoms with van der Waals surface area (Å²) in [6.07, 6.45) is -0.643. The van der Waals surface area contributed by atoms with Crippen LogP contribution in [0, 0.1) is 18.3 Å². The number of amides is 2. The molecule has 0 saturated carbocycles. The summed E-state index contributed by atoms with van der Waals surface area (Å²) in [5.74, 6) is -0.215. The predicted molar refractivity (Wildman–Crippen MR) is 134 cm³/mol. The van der Waals surface area contributed by atoms with Gasteiger partial charge in [-0.25, -0.2) is 4.79 Å². The molecule has 1 heterocycles. The van der Waals surface area contributed by atoms with E-state index in [1.165, 1.54) is 4.90 Å². The van der Waals surface area contributed by atoms with Gasteiger partial charge in [0.1, 0.15) is 11.1 Å². The molecule has 0 aromatic heterocycles. The fourth-order valence-electron chi connectivity index (χ4n) is 3.53. The van der Waals surface area contributed by atoms with Crippen molar-refractivity contribution in [2.24, 2.45) is 0 Å². The molecule has 9 heteroatoms. The number of nitriles is 1. The minimum absolute atomic E-state index is 0.215. The number of aryl methyl sites for hydroxylation is 1. The average molecular weight is 485 g/mol. The van der Waals surface area contributed by atoms with Gasteiger partial charge in [0.25, 0.3) is 5.91 Å². The second kappa shape index (κ2) is 8.65. The molecule has 2 aromatic carbocycles. The molecule has 0 aliphatic carbocycles. The largest absolute Gasteiger partial charge is 0.444 e. The van der Waals surface area contributed by atoms with Crippen LogP contribution in [0.25, 0.3) is 0 Å². The van der Waals surface area contributed by atoms with E-state index in [4.69, 9.17) is 28.6 Å². The van der Waals surface area contributed by atoms with Crippen molar-refractivity contribution in [1.29, 1.82) is 5.26 Å². The molecule has 7 nitrogen and oxygen atoms in total. The molecular formula is C24H25ClN4O3S. The zero-order chi connectivity index (χ0) is 24.7. The molecule has 1 fully saturated rings. The highest BCUT2D eigenvalue weighted by atomic mass is 35.5. The Balaban J connectivity index is 1.98. The maximum atomic E-state index is 13.4. The molecule has 0 spiro atoms. The number of carbonyl (C=O) groups excluding carboxylic acids is 2. The first-order valence-corrected chi connectivity index (χ1v) is 11.0. The predicted octanol–water partition coefficient (Wildman–Crippen LogP) is 5.78. The van der Waals surface area contributed by atoms with Gasteiger partial charge in [0.15, 0.2) is 5.11 Å². The summed E-state index contributed by atoms with van der Waals surface area (Å²) in [5, 5.41) is 12.5. The number of carbonyl (C=O) groups is 2. The topological polar surface area (TPSA) is 85.7 Å². The first-order valence-electron chi connectivity index (χ1n) is 10.3. The Labute approximate surface area is 203 Å². The lowest BCUT2D eigenvalue weighted by Crippen LogP contribution is -2.44. The summed E-state index contributed by atoms with van der Waals surface area (Å²) in [5.41, 5.74) is 1.11. The molecule has 1 aliphatic heterocycles. The third-order valence-corrected chi connectivity index (χ3v) is 5.80. The smallest absolute Gasteiger partial charge is 0.412 e. The number of hydrogen-bond acceptors (Lipinski definition) is 5. The number of nitrogens with one attached hydrogen (secondary N) is 1. The van der Waals surface area contributed by atoms with Crippen molar-refractivity contribution >= 4 is 58.0 Å². The van der Waals surface area contributed by atoms with Crippen LogP contribution in [0.5, 0.6) is 0 Å². The Bertz CT molecular complexity index is 1200. The van der Waals surface area contributed by atoms with Crippen LogP contribution in [0.2, 0.25) is 5.02 Å². The van der Waals surface area contributed by atoms with Gasteiger partial charge in [0, 0.05) is 5.69 Å². The molecule has 1 aliphatic rings. The van der Waals surface area contributed by atoms with E-state index in [0.717, 1.165) is 5.56 Å². The van der Waals surface area contributed by atoms with Crippen LogP contribution in [0.15, 0.2) is 36.4 Å². The fourth-order valence-corrected chi connectivity index (χ4v) is 4.22. The Morgan fingerprint density at radius 2 is 1.82 bits per heavy atom. The number of hydrogen-bond donors (Lipinski definition) is 1. The van der Waals surface area contributed by atoms with Crippen molar-refractivity contribution < 1.29 is 14.3 Å². The number of benzene rings is 2. The molecule has 1 N–H and O–H groups in total. The number of halogens is 1. The molecule has 172 valence electrons. The van der Waals surface area contributed by atoms with Crippen LogP contribution in [0.3, 0.4) is 0 Å². The van der Waals surface area contributed by atoms with Crippen LogP contribution < -0.4 is 15.1 Å². The Morgan fingerprint density at radius 3 is 2.39 bits per heavy atom. The summed E-state index contributed by atoms with van der Waals surface area (Å²) in [7, 11) is 0. The normalized spacial score (nSPS) is 15.5. The molecule has 0 atom stereocenters. The van der Waals surface area contributed by atoms with Crippen molar-refractivity contribution in [3.8, 4) is 6.07 Å². The number of ether oxygens (including phenoxy) is 1. The lowest BCUT2D eigenvalue weighted by molar-refractivity contribution is -0.120. The summed E-state index contributed by atoms with van der Waals surface area (Å²) in [6, 6.07) is 12.3. The highest BCUT2D eigenvalue weighted by molar-refractivity contribution is 7.81. The third kappa shape index (κ3) is 4.80. The molecule has 33 heavy (non-hydrogen) atoms. The second-order valence-electron chi connectivity index (χ2n) is 9.22. The molecule has 0 unspecified atom stereocenters. The summed E-state index contributed by atoms with van der Waals surface area (Å²) < 4.78 is 5.31. The van der Waals surface area contributed by atoms with E-state index in [-0.39, 0.29) is 11.0 Å². The van der Waals surface area contributed by atoms with Crippen LogP contribution >= 0.6 is 23.8 Å². The zero-order valence-corrected chi connectivity index (χ0v) is 20.9. The van der Waals surface area contributed by atoms with Crippen LogP contribution in [-0.4, -0.2) is 28.3 Å². The van der Waals surface area contributed by atoms with E-state index in [2.05, 4.69) is 11.4 Å². The molecular weight excluding hydrogens is 460 g/mol. The van der Waals surface area contributed by atoms with E-state index in [1.807, 2.05) is 6.92 Å². The number of rotatable bonds is 3. The SMILES string of the molecule is Cc1cc(N2C(=O)C(C)(C)N(c3ccc(Cl)c(NC(=O)OC(C)(C)C)c3)C2=S)ccc1C#N. The Hall–Kier alpha value is -3.15. The van der Waals surface area contributed by atoms with Crippen molar-refractivity contribution in [2.45, 2.75) is 52.7 Å². The number of nitrogens with zero attached hydrogens (tertiary/aromatic N) is 3. The maximum Gasteiger partial charge on any atom is 0.412 e. The van der Waals surface area contributed by atoms with Gasteiger partial charge in [-0.15, -0.1) is 0 Å². The number of anilines is 3. The molecule has 2 aromatic rings. The van der Waals surface area contributed by atoms with Crippen LogP contribution in [-0.2, 0) is 9.53 Å². The number of thiocarbonyl (C=S) groups is 1. The monoisotopic (exact) mass is 484 g/mol. The highest BCUT2D eigenvalue weighted by Gasteiger charge is 2.50. The van der Waals surface area contributed by atoms with E-state index >= 15 is 0 Å². The molecule has 2 amide bonds. The third-order valence-electron chi connectivity index (χ3n) is 5.10. The van der Waals surface area contributed by atoms with Crippen molar-refractivity contribution in [1.82, 2.24) is 0 Å². The molecule has 3 rings (SSSR count). The first kappa shape index (κ1) is 24.5. The van der Waals surface area contributed by atoms with E-state index in [9.17, 15) is 14.9 Å².